The molecule has 2 saturated heterocycles. The largest absolute Gasteiger partial charge is 0.454 e. The summed E-state index contributed by atoms with van der Waals surface area (Å²) >= 11 is 1.41. The molecule has 1 amide bonds. The van der Waals surface area contributed by atoms with E-state index in [0.717, 1.165) is 81.0 Å². The van der Waals surface area contributed by atoms with Crippen molar-refractivity contribution in [1.29, 1.82) is 0 Å². The van der Waals surface area contributed by atoms with Crippen LogP contribution in [0, 0.1) is 0 Å². The molecule has 2 fully saturated rings. The molecule has 6 rings (SSSR count). The summed E-state index contributed by atoms with van der Waals surface area (Å²) in [5, 5.41) is 0.869. The number of nitrogens with zero attached hydrogens (tertiary/aromatic N) is 5. The Kier molecular flexibility index (Phi) is 6.26. The van der Waals surface area contributed by atoms with Gasteiger partial charge in [-0.2, -0.15) is 4.37 Å². The van der Waals surface area contributed by atoms with Gasteiger partial charge < -0.3 is 19.3 Å². The lowest BCUT2D eigenvalue weighted by Gasteiger charge is -2.37. The van der Waals surface area contributed by atoms with Crippen molar-refractivity contribution in [2.45, 2.75) is 31.8 Å². The van der Waals surface area contributed by atoms with Crippen molar-refractivity contribution in [2.75, 3.05) is 44.4 Å². The number of amides is 1. The second kappa shape index (κ2) is 9.83. The van der Waals surface area contributed by atoms with Crippen LogP contribution in [0.3, 0.4) is 0 Å². The molecule has 3 aliphatic heterocycles. The highest BCUT2D eigenvalue weighted by Crippen LogP contribution is 2.33. The SMILES string of the molecule is O=C(C1CCCN1c1nc(Cc2ccccc2)ns1)N1CCN(Cc2ccc3c(c2)OCO3)CC1. The summed E-state index contributed by atoms with van der Waals surface area (Å²) in [4.78, 5) is 24.9. The number of hydrogen-bond acceptors (Lipinski definition) is 8. The second-order valence-electron chi connectivity index (χ2n) is 9.30. The molecule has 2 aromatic carbocycles. The molecule has 9 heteroatoms. The van der Waals surface area contributed by atoms with E-state index >= 15 is 0 Å². The van der Waals surface area contributed by atoms with E-state index in [2.05, 4.69) is 38.4 Å². The monoisotopic (exact) mass is 491 g/mol. The molecule has 1 unspecified atom stereocenters. The number of aromatic nitrogens is 2. The minimum Gasteiger partial charge on any atom is -0.454 e. The number of fused-ring (bicyclic) bond motifs is 1. The van der Waals surface area contributed by atoms with E-state index in [0.29, 0.717) is 6.79 Å². The first-order chi connectivity index (χ1) is 17.2. The van der Waals surface area contributed by atoms with Gasteiger partial charge in [-0.1, -0.05) is 36.4 Å². The summed E-state index contributed by atoms with van der Waals surface area (Å²) in [5.74, 6) is 2.69. The van der Waals surface area contributed by atoms with E-state index in [1.54, 1.807) is 0 Å². The van der Waals surface area contributed by atoms with Crippen LogP contribution in [0.15, 0.2) is 48.5 Å². The van der Waals surface area contributed by atoms with E-state index in [9.17, 15) is 4.79 Å². The fourth-order valence-electron chi connectivity index (χ4n) is 5.10. The average molecular weight is 492 g/mol. The highest BCUT2D eigenvalue weighted by molar-refractivity contribution is 7.09. The van der Waals surface area contributed by atoms with Crippen molar-refractivity contribution in [2.24, 2.45) is 0 Å². The molecule has 1 atom stereocenters. The molecule has 8 nitrogen and oxygen atoms in total. The molecule has 0 bridgehead atoms. The third-order valence-corrected chi connectivity index (χ3v) is 7.76. The molecule has 0 spiro atoms. The molecule has 1 aromatic heterocycles. The topological polar surface area (TPSA) is 71.0 Å². The van der Waals surface area contributed by atoms with Crippen LogP contribution < -0.4 is 14.4 Å². The zero-order chi connectivity index (χ0) is 23.6. The van der Waals surface area contributed by atoms with Crippen LogP contribution in [-0.2, 0) is 17.8 Å². The third-order valence-electron chi connectivity index (χ3n) is 6.97. The summed E-state index contributed by atoms with van der Waals surface area (Å²) < 4.78 is 15.5. The Balaban J connectivity index is 1.05. The van der Waals surface area contributed by atoms with Gasteiger partial charge in [0.2, 0.25) is 17.8 Å². The van der Waals surface area contributed by atoms with Gasteiger partial charge in [0.25, 0.3) is 0 Å². The molecule has 3 aromatic rings. The van der Waals surface area contributed by atoms with Gasteiger partial charge in [0.1, 0.15) is 11.9 Å². The maximum atomic E-state index is 13.5. The number of anilines is 1. The maximum absolute atomic E-state index is 13.5. The van der Waals surface area contributed by atoms with Gasteiger partial charge in [0.05, 0.1) is 0 Å². The van der Waals surface area contributed by atoms with Crippen LogP contribution in [0.5, 0.6) is 11.5 Å². The van der Waals surface area contributed by atoms with Gasteiger partial charge in [0.15, 0.2) is 11.5 Å². The van der Waals surface area contributed by atoms with E-state index in [1.165, 1.54) is 22.7 Å². The summed E-state index contributed by atoms with van der Waals surface area (Å²) in [7, 11) is 0. The Morgan fingerprint density at radius 1 is 0.971 bits per heavy atom. The van der Waals surface area contributed by atoms with E-state index in [4.69, 9.17) is 14.5 Å². The lowest BCUT2D eigenvalue weighted by molar-refractivity contribution is -0.134. The molecule has 0 N–H and O–H groups in total. The molecule has 182 valence electrons. The molecule has 0 radical (unpaired) electrons. The third kappa shape index (κ3) is 4.83. The quantitative estimate of drug-likeness (QED) is 0.525. The first-order valence-corrected chi connectivity index (χ1v) is 13.0. The highest BCUT2D eigenvalue weighted by Gasteiger charge is 2.36. The molecule has 35 heavy (non-hydrogen) atoms. The minimum atomic E-state index is -0.132. The van der Waals surface area contributed by atoms with E-state index < -0.39 is 0 Å². The number of rotatable bonds is 6. The molecule has 4 heterocycles. The van der Waals surface area contributed by atoms with Crippen LogP contribution in [0.2, 0.25) is 0 Å². The molecule has 0 saturated carbocycles. The van der Waals surface area contributed by atoms with Crippen molar-refractivity contribution >= 4 is 22.6 Å². The highest BCUT2D eigenvalue weighted by atomic mass is 32.1. The average Bonchev–Trinajstić information content (AvgIpc) is 3.65. The molecule has 3 aliphatic rings. The fraction of sp³-hybridized carbons (Fsp3) is 0.423. The fourth-order valence-corrected chi connectivity index (χ4v) is 5.86. The number of carbonyl (C=O) groups is 1. The second-order valence-corrected chi connectivity index (χ2v) is 10.0. The number of piperazine rings is 1. The summed E-state index contributed by atoms with van der Waals surface area (Å²) in [5.41, 5.74) is 2.41. The number of benzene rings is 2. The smallest absolute Gasteiger partial charge is 0.245 e. The van der Waals surface area contributed by atoms with Gasteiger partial charge >= 0.3 is 0 Å². The molecule has 0 aliphatic carbocycles. The predicted molar refractivity (Wildman–Crippen MR) is 134 cm³/mol. The Hall–Kier alpha value is -3.17. The van der Waals surface area contributed by atoms with Crippen LogP contribution >= 0.6 is 11.5 Å². The van der Waals surface area contributed by atoms with Crippen molar-refractivity contribution in [3.63, 3.8) is 0 Å². The van der Waals surface area contributed by atoms with Crippen LogP contribution in [0.25, 0.3) is 0 Å². The van der Waals surface area contributed by atoms with E-state index in [-0.39, 0.29) is 11.9 Å². The van der Waals surface area contributed by atoms with Crippen molar-refractivity contribution in [3.8, 4) is 11.5 Å². The summed E-state index contributed by atoms with van der Waals surface area (Å²) in [6, 6.07) is 16.3. The van der Waals surface area contributed by atoms with E-state index in [1.807, 2.05) is 29.2 Å². The summed E-state index contributed by atoms with van der Waals surface area (Å²) in [6.45, 7) is 5.25. The standard InChI is InChI=1S/C26H29N5O3S/c32-25(30-13-11-29(12-14-30)17-20-8-9-22-23(15-20)34-18-33-22)21-7-4-10-31(21)26-27-24(28-35-26)16-19-5-2-1-3-6-19/h1-3,5-6,8-9,15,21H,4,7,10-14,16-18H2. The predicted octanol–water partition coefficient (Wildman–Crippen LogP) is 3.17. The van der Waals surface area contributed by atoms with Crippen LogP contribution in [0.4, 0.5) is 5.13 Å². The van der Waals surface area contributed by atoms with Crippen LogP contribution in [0.1, 0.15) is 29.8 Å². The Morgan fingerprint density at radius 2 is 1.80 bits per heavy atom. The van der Waals surface area contributed by atoms with Gasteiger partial charge in [-0.15, -0.1) is 0 Å². The van der Waals surface area contributed by atoms with Gasteiger partial charge in [-0.05, 0) is 36.1 Å². The van der Waals surface area contributed by atoms with Gasteiger partial charge in [-0.25, -0.2) is 4.98 Å². The molecular weight excluding hydrogens is 462 g/mol. The van der Waals surface area contributed by atoms with Crippen molar-refractivity contribution in [3.05, 3.63) is 65.5 Å². The van der Waals surface area contributed by atoms with Crippen LogP contribution in [-0.4, -0.2) is 70.6 Å². The minimum absolute atomic E-state index is 0.132. The Morgan fingerprint density at radius 3 is 2.66 bits per heavy atom. The Bertz CT molecular complexity index is 1180. The van der Waals surface area contributed by atoms with Crippen molar-refractivity contribution < 1.29 is 14.3 Å². The number of ether oxygens (including phenoxy) is 2. The first kappa shape index (κ1) is 22.3. The first-order valence-electron chi connectivity index (χ1n) is 12.3. The lowest BCUT2D eigenvalue weighted by Crippen LogP contribution is -2.53. The zero-order valence-corrected chi connectivity index (χ0v) is 20.5. The normalized spacial score (nSPS) is 19.9. The lowest BCUT2D eigenvalue weighted by atomic mass is 10.1. The molecular formula is C26H29N5O3S. The zero-order valence-electron chi connectivity index (χ0n) is 19.6. The maximum Gasteiger partial charge on any atom is 0.245 e. The summed E-state index contributed by atoms with van der Waals surface area (Å²) in [6.07, 6.45) is 2.60. The van der Waals surface area contributed by atoms with Gasteiger partial charge in [-0.3, -0.25) is 9.69 Å². The number of carbonyl (C=O) groups excluding carboxylic acids is 1. The van der Waals surface area contributed by atoms with Gasteiger partial charge in [0, 0.05) is 57.2 Å². The number of hydrogen-bond donors (Lipinski definition) is 0. The Labute approximate surface area is 209 Å². The van der Waals surface area contributed by atoms with Crippen molar-refractivity contribution in [1.82, 2.24) is 19.2 Å².